The zero-order valence-corrected chi connectivity index (χ0v) is 15.8. The number of halogens is 1. The first kappa shape index (κ1) is 20.2. The summed E-state index contributed by atoms with van der Waals surface area (Å²) in [5.41, 5.74) is 0.238. The number of aromatic nitrogens is 1. The molecule has 2 rings (SSSR count). The summed E-state index contributed by atoms with van der Waals surface area (Å²) in [5.74, 6) is -0.0875. The van der Waals surface area contributed by atoms with E-state index in [4.69, 9.17) is 0 Å². The molecule has 0 bridgehead atoms. The predicted molar refractivity (Wildman–Crippen MR) is 95.0 cm³/mol. The van der Waals surface area contributed by atoms with E-state index >= 15 is 0 Å². The number of rotatable bonds is 7. The minimum Gasteiger partial charge on any atom is -0.387 e. The Morgan fingerprint density at radius 2 is 1.96 bits per heavy atom. The van der Waals surface area contributed by atoms with Crippen molar-refractivity contribution in [2.24, 2.45) is 5.92 Å². The molecule has 0 unspecified atom stereocenters. The van der Waals surface area contributed by atoms with Crippen LogP contribution in [0.2, 0.25) is 0 Å². The van der Waals surface area contributed by atoms with E-state index in [0.29, 0.717) is 18.0 Å². The molecule has 142 valence electrons. The van der Waals surface area contributed by atoms with Gasteiger partial charge in [-0.25, -0.2) is 17.5 Å². The highest BCUT2D eigenvalue weighted by atomic mass is 32.2. The minimum absolute atomic E-state index is 0.00556. The van der Waals surface area contributed by atoms with Crippen LogP contribution in [-0.4, -0.2) is 42.9 Å². The summed E-state index contributed by atoms with van der Waals surface area (Å²) < 4.78 is 38.5. The Morgan fingerprint density at radius 3 is 2.52 bits per heavy atom. The number of nitrogens with zero attached hydrogens (tertiary/aromatic N) is 1. The molecule has 1 heterocycles. The van der Waals surface area contributed by atoms with E-state index in [2.05, 4.69) is 28.9 Å². The molecular formula is C17H28FN3O3S. The first-order valence-electron chi connectivity index (χ1n) is 8.57. The average Bonchev–Trinajstić information content (AvgIpc) is 2.51. The molecule has 1 aliphatic rings. The van der Waals surface area contributed by atoms with Gasteiger partial charge in [0.2, 0.25) is 10.0 Å². The summed E-state index contributed by atoms with van der Waals surface area (Å²) in [7, 11) is -3.17. The third-order valence-electron chi connectivity index (χ3n) is 4.99. The molecule has 8 heteroatoms. The molecule has 1 saturated carbocycles. The minimum atomic E-state index is -3.17. The fourth-order valence-corrected chi connectivity index (χ4v) is 4.31. The third kappa shape index (κ3) is 6.29. The molecule has 0 radical (unpaired) electrons. The lowest BCUT2D eigenvalue weighted by Crippen LogP contribution is -2.50. The Kier molecular flexibility index (Phi) is 6.53. The monoisotopic (exact) mass is 373 g/mol. The quantitative estimate of drug-likeness (QED) is 0.677. The molecule has 6 nitrogen and oxygen atoms in total. The van der Waals surface area contributed by atoms with Gasteiger partial charge in [0, 0.05) is 29.9 Å². The topological polar surface area (TPSA) is 91.3 Å². The number of β-amino-alcohol motifs (C(OH)–C–C–N with tert-alkyl or cyclic N) is 1. The zero-order chi connectivity index (χ0) is 18.7. The number of aliphatic hydroxyl groups excluding tert-OH is 1. The van der Waals surface area contributed by atoms with Crippen molar-refractivity contribution in [2.45, 2.75) is 57.2 Å². The smallest absolute Gasteiger partial charge is 0.208 e. The van der Waals surface area contributed by atoms with Crippen molar-refractivity contribution in [3.63, 3.8) is 0 Å². The first-order chi connectivity index (χ1) is 11.6. The molecule has 1 fully saturated rings. The molecule has 0 spiro atoms. The van der Waals surface area contributed by atoms with Crippen LogP contribution in [0.3, 0.4) is 0 Å². The van der Waals surface area contributed by atoms with E-state index in [9.17, 15) is 17.9 Å². The molecular weight excluding hydrogens is 345 g/mol. The fraction of sp³-hybridized carbons (Fsp3) is 0.706. The van der Waals surface area contributed by atoms with E-state index in [1.807, 2.05) is 0 Å². The van der Waals surface area contributed by atoms with E-state index < -0.39 is 21.9 Å². The van der Waals surface area contributed by atoms with Crippen LogP contribution in [0, 0.1) is 11.7 Å². The predicted octanol–water partition coefficient (Wildman–Crippen LogP) is 1.73. The van der Waals surface area contributed by atoms with Gasteiger partial charge in [-0.2, -0.15) is 0 Å². The van der Waals surface area contributed by atoms with E-state index in [1.54, 1.807) is 0 Å². The Hall–Kier alpha value is -1.09. The van der Waals surface area contributed by atoms with Gasteiger partial charge < -0.3 is 10.4 Å². The van der Waals surface area contributed by atoms with Crippen molar-refractivity contribution in [2.75, 3.05) is 12.8 Å². The van der Waals surface area contributed by atoms with Gasteiger partial charge in [0.05, 0.1) is 18.6 Å². The molecule has 1 aromatic rings. The Bertz CT molecular complexity index is 673. The lowest BCUT2D eigenvalue weighted by atomic mass is 9.75. The van der Waals surface area contributed by atoms with Gasteiger partial charge in [-0.05, 0) is 51.5 Å². The summed E-state index contributed by atoms with van der Waals surface area (Å²) in [6.07, 6.45) is 6.35. The van der Waals surface area contributed by atoms with Crippen LogP contribution < -0.4 is 10.0 Å². The van der Waals surface area contributed by atoms with Crippen LogP contribution >= 0.6 is 0 Å². The number of sulfonamides is 1. The van der Waals surface area contributed by atoms with Crippen molar-refractivity contribution in [3.8, 4) is 0 Å². The molecule has 1 aliphatic carbocycles. The highest BCUT2D eigenvalue weighted by molar-refractivity contribution is 7.88. The van der Waals surface area contributed by atoms with Crippen molar-refractivity contribution in [1.29, 1.82) is 0 Å². The lowest BCUT2D eigenvalue weighted by Gasteiger charge is -2.40. The lowest BCUT2D eigenvalue weighted by molar-refractivity contribution is 0.129. The molecule has 1 aromatic heterocycles. The van der Waals surface area contributed by atoms with Gasteiger partial charge in [0.25, 0.3) is 0 Å². The van der Waals surface area contributed by atoms with Crippen molar-refractivity contribution in [1.82, 2.24) is 15.0 Å². The van der Waals surface area contributed by atoms with E-state index in [1.165, 1.54) is 18.5 Å². The molecule has 0 aliphatic heterocycles. The van der Waals surface area contributed by atoms with Gasteiger partial charge >= 0.3 is 0 Å². The highest BCUT2D eigenvalue weighted by Crippen LogP contribution is 2.33. The van der Waals surface area contributed by atoms with E-state index in [-0.39, 0.29) is 11.6 Å². The van der Waals surface area contributed by atoms with Crippen LogP contribution in [0.4, 0.5) is 4.39 Å². The van der Waals surface area contributed by atoms with Crippen LogP contribution in [0.15, 0.2) is 18.5 Å². The second-order valence-electron chi connectivity index (χ2n) is 7.49. The van der Waals surface area contributed by atoms with Crippen molar-refractivity contribution >= 4 is 10.0 Å². The van der Waals surface area contributed by atoms with Gasteiger partial charge in [-0.15, -0.1) is 0 Å². The third-order valence-corrected chi connectivity index (χ3v) is 5.75. The van der Waals surface area contributed by atoms with Crippen LogP contribution in [0.1, 0.15) is 51.2 Å². The maximum Gasteiger partial charge on any atom is 0.208 e. The Balaban J connectivity index is 1.85. The van der Waals surface area contributed by atoms with Crippen LogP contribution in [-0.2, 0) is 10.0 Å². The summed E-state index contributed by atoms with van der Waals surface area (Å²) >= 11 is 0. The number of hydrogen-bond acceptors (Lipinski definition) is 5. The number of nitrogens with one attached hydrogen (secondary N) is 2. The second-order valence-corrected chi connectivity index (χ2v) is 9.27. The summed E-state index contributed by atoms with van der Waals surface area (Å²) in [5, 5.41) is 13.6. The van der Waals surface area contributed by atoms with Gasteiger partial charge in [0.15, 0.2) is 0 Å². The highest BCUT2D eigenvalue weighted by Gasteiger charge is 2.33. The standard InChI is InChI=1S/C17H28FN3O3S/c1-17(2,13-4-6-15(7-5-13)21-25(3,23)24)20-11-16(22)12-8-14(18)10-19-9-12/h8-10,13,15-16,20-22H,4-7,11H2,1-3H3/t13?,15?,16-/m0/s1. The van der Waals surface area contributed by atoms with Crippen LogP contribution in [0.25, 0.3) is 0 Å². The molecule has 1 atom stereocenters. The molecule has 0 amide bonds. The maximum absolute atomic E-state index is 13.2. The first-order valence-corrected chi connectivity index (χ1v) is 10.5. The second kappa shape index (κ2) is 8.07. The normalized spacial score (nSPS) is 23.4. The van der Waals surface area contributed by atoms with Gasteiger partial charge in [-0.3, -0.25) is 4.98 Å². The Morgan fingerprint density at radius 1 is 1.32 bits per heavy atom. The number of hydrogen-bond donors (Lipinski definition) is 3. The zero-order valence-electron chi connectivity index (χ0n) is 15.0. The van der Waals surface area contributed by atoms with Gasteiger partial charge in [0.1, 0.15) is 5.82 Å². The van der Waals surface area contributed by atoms with E-state index in [0.717, 1.165) is 31.9 Å². The van der Waals surface area contributed by atoms with Crippen molar-refractivity contribution in [3.05, 3.63) is 29.8 Å². The maximum atomic E-state index is 13.2. The Labute approximate surface area is 149 Å². The molecule has 0 aromatic carbocycles. The molecule has 25 heavy (non-hydrogen) atoms. The number of pyridine rings is 1. The summed E-state index contributed by atoms with van der Waals surface area (Å²) in [6.45, 7) is 4.47. The largest absolute Gasteiger partial charge is 0.387 e. The summed E-state index contributed by atoms with van der Waals surface area (Å²) in [4.78, 5) is 3.76. The fourth-order valence-electron chi connectivity index (χ4n) is 3.47. The SMILES string of the molecule is CC(C)(NC[C@H](O)c1cncc(F)c1)C1CCC(NS(C)(=O)=O)CC1. The molecule has 3 N–H and O–H groups in total. The summed E-state index contributed by atoms with van der Waals surface area (Å²) in [6, 6.07) is 1.29. The molecule has 0 saturated heterocycles. The van der Waals surface area contributed by atoms with Crippen molar-refractivity contribution < 1.29 is 17.9 Å². The number of aliphatic hydroxyl groups is 1. The van der Waals surface area contributed by atoms with Crippen LogP contribution in [0.5, 0.6) is 0 Å². The van der Waals surface area contributed by atoms with Gasteiger partial charge in [-0.1, -0.05) is 0 Å². The average molecular weight is 373 g/mol.